The van der Waals surface area contributed by atoms with Crippen LogP contribution in [0.2, 0.25) is 0 Å². The van der Waals surface area contributed by atoms with Crippen LogP contribution in [0, 0.1) is 10.1 Å². The quantitative estimate of drug-likeness (QED) is 0.512. The van der Waals surface area contributed by atoms with Gasteiger partial charge in [0.2, 0.25) is 0 Å². The Kier molecular flexibility index (Phi) is 5.52. The van der Waals surface area contributed by atoms with E-state index in [1.54, 1.807) is 0 Å². The molecular formula is C12H13N3O7. The summed E-state index contributed by atoms with van der Waals surface area (Å²) in [6.45, 7) is 0. The smallest absolute Gasteiger partial charge is 0.418 e. The molecule has 0 bridgehead atoms. The lowest BCUT2D eigenvalue weighted by Crippen LogP contribution is -2.46. The lowest BCUT2D eigenvalue weighted by Gasteiger charge is -2.20. The van der Waals surface area contributed by atoms with Gasteiger partial charge in [0.05, 0.1) is 16.7 Å². The number of benzene rings is 1. The molecule has 0 heterocycles. The molecule has 22 heavy (non-hydrogen) atoms. The fourth-order valence-corrected chi connectivity index (χ4v) is 1.62. The summed E-state index contributed by atoms with van der Waals surface area (Å²) in [5.41, 5.74) is 5.11. The highest BCUT2D eigenvalue weighted by atomic mass is 16.6. The molecule has 1 aromatic rings. The Morgan fingerprint density at radius 3 is 2.18 bits per heavy atom. The van der Waals surface area contributed by atoms with Crippen LogP contribution in [0.3, 0.4) is 0 Å². The second kappa shape index (κ2) is 7.13. The fraction of sp³-hybridized carbons (Fsp3) is 0.250. The molecule has 0 aliphatic heterocycles. The molecule has 0 aliphatic rings. The molecule has 0 aromatic heterocycles. The third-order valence-corrected chi connectivity index (χ3v) is 2.72. The molecule has 0 radical (unpaired) electrons. The van der Waals surface area contributed by atoms with Crippen LogP contribution in [0.5, 0.6) is 0 Å². The van der Waals surface area contributed by atoms with E-state index in [2.05, 4.69) is 0 Å². The summed E-state index contributed by atoms with van der Waals surface area (Å²) in [7, 11) is 0. The molecule has 2 amide bonds. The first-order chi connectivity index (χ1) is 10.2. The van der Waals surface area contributed by atoms with Crippen LogP contribution < -0.4 is 10.6 Å². The third-order valence-electron chi connectivity index (χ3n) is 2.72. The molecule has 10 heteroatoms. The van der Waals surface area contributed by atoms with Crippen molar-refractivity contribution in [2.24, 2.45) is 5.73 Å². The number of nitro groups is 1. The molecule has 1 atom stereocenters. The minimum Gasteiger partial charge on any atom is -0.481 e. The maximum atomic E-state index is 12.0. The van der Waals surface area contributed by atoms with Crippen molar-refractivity contribution < 1.29 is 29.5 Å². The summed E-state index contributed by atoms with van der Waals surface area (Å²) >= 11 is 0. The fourth-order valence-electron chi connectivity index (χ4n) is 1.62. The van der Waals surface area contributed by atoms with Gasteiger partial charge in [-0.2, -0.15) is 0 Å². The Balaban J connectivity index is 2.97. The SMILES string of the molecule is NC(CCC(=O)O)C(=O)N(C(=O)O)c1ccc([N+](=O)[O-])cc1. The zero-order chi connectivity index (χ0) is 16.9. The molecule has 0 saturated heterocycles. The lowest BCUT2D eigenvalue weighted by molar-refractivity contribution is -0.384. The van der Waals surface area contributed by atoms with Crippen LogP contribution in [-0.4, -0.2) is 39.1 Å². The number of carboxylic acids is 1. The third kappa shape index (κ3) is 4.24. The number of carbonyl (C=O) groups excluding carboxylic acids is 1. The maximum absolute atomic E-state index is 12.0. The molecule has 1 aromatic carbocycles. The number of aliphatic carboxylic acids is 1. The van der Waals surface area contributed by atoms with Crippen molar-refractivity contribution in [2.75, 3.05) is 4.90 Å². The van der Waals surface area contributed by atoms with E-state index in [0.717, 1.165) is 24.3 Å². The van der Waals surface area contributed by atoms with Crippen molar-refractivity contribution >= 4 is 29.3 Å². The predicted octanol–water partition coefficient (Wildman–Crippen LogP) is 0.798. The minimum absolute atomic E-state index is 0.117. The molecule has 0 aliphatic carbocycles. The summed E-state index contributed by atoms with van der Waals surface area (Å²) < 4.78 is 0. The summed E-state index contributed by atoms with van der Waals surface area (Å²) in [5.74, 6) is -2.18. The first kappa shape index (κ1) is 17.0. The number of hydrogen-bond donors (Lipinski definition) is 3. The Morgan fingerprint density at radius 2 is 1.77 bits per heavy atom. The van der Waals surface area contributed by atoms with Crippen molar-refractivity contribution in [3.63, 3.8) is 0 Å². The summed E-state index contributed by atoms with van der Waals surface area (Å²) in [4.78, 5) is 43.9. The van der Waals surface area contributed by atoms with E-state index in [9.17, 15) is 24.5 Å². The maximum Gasteiger partial charge on any atom is 0.418 e. The van der Waals surface area contributed by atoms with Gasteiger partial charge in [0.15, 0.2) is 0 Å². The van der Waals surface area contributed by atoms with Gasteiger partial charge in [0, 0.05) is 18.6 Å². The average Bonchev–Trinajstić information content (AvgIpc) is 2.44. The molecule has 1 rings (SSSR count). The zero-order valence-electron chi connectivity index (χ0n) is 11.2. The van der Waals surface area contributed by atoms with E-state index >= 15 is 0 Å². The summed E-state index contributed by atoms with van der Waals surface area (Å²) in [6.07, 6.45) is -2.24. The number of non-ortho nitro benzene ring substituents is 1. The second-order valence-corrected chi connectivity index (χ2v) is 4.27. The monoisotopic (exact) mass is 311 g/mol. The largest absolute Gasteiger partial charge is 0.481 e. The number of nitrogens with zero attached hydrogens (tertiary/aromatic N) is 2. The van der Waals surface area contributed by atoms with E-state index in [-0.39, 0.29) is 24.2 Å². The summed E-state index contributed by atoms with van der Waals surface area (Å²) in [6, 6.07) is 2.95. The first-order valence-corrected chi connectivity index (χ1v) is 6.02. The molecule has 10 nitrogen and oxygen atoms in total. The number of carbonyl (C=O) groups is 3. The van der Waals surface area contributed by atoms with Crippen LogP contribution >= 0.6 is 0 Å². The number of nitrogens with two attached hydrogens (primary N) is 1. The molecular weight excluding hydrogens is 298 g/mol. The van der Waals surface area contributed by atoms with Crippen molar-refractivity contribution in [3.05, 3.63) is 34.4 Å². The molecule has 0 saturated carbocycles. The van der Waals surface area contributed by atoms with Gasteiger partial charge in [-0.25, -0.2) is 9.69 Å². The second-order valence-electron chi connectivity index (χ2n) is 4.27. The lowest BCUT2D eigenvalue weighted by atomic mass is 10.1. The van der Waals surface area contributed by atoms with Crippen molar-refractivity contribution in [2.45, 2.75) is 18.9 Å². The normalized spacial score (nSPS) is 11.5. The van der Waals surface area contributed by atoms with Crippen LogP contribution in [0.15, 0.2) is 24.3 Å². The van der Waals surface area contributed by atoms with E-state index in [1.807, 2.05) is 0 Å². The number of amides is 2. The molecule has 118 valence electrons. The van der Waals surface area contributed by atoms with Crippen molar-refractivity contribution in [1.29, 1.82) is 0 Å². The van der Waals surface area contributed by atoms with Crippen LogP contribution in [0.1, 0.15) is 12.8 Å². The van der Waals surface area contributed by atoms with Gasteiger partial charge < -0.3 is 15.9 Å². The highest BCUT2D eigenvalue weighted by Crippen LogP contribution is 2.20. The number of hydrogen-bond acceptors (Lipinski definition) is 6. The standard InChI is InChI=1S/C12H13N3O7/c13-9(5-6-10(16)17)11(18)14(12(19)20)7-1-3-8(4-2-7)15(21)22/h1-4,9H,5-6,13H2,(H,16,17)(H,19,20). The van der Waals surface area contributed by atoms with Gasteiger partial charge in [-0.3, -0.25) is 19.7 Å². The van der Waals surface area contributed by atoms with E-state index in [1.165, 1.54) is 0 Å². The van der Waals surface area contributed by atoms with Crippen molar-refractivity contribution in [3.8, 4) is 0 Å². The molecule has 4 N–H and O–H groups in total. The van der Waals surface area contributed by atoms with Crippen LogP contribution in [0.4, 0.5) is 16.2 Å². The minimum atomic E-state index is -1.62. The van der Waals surface area contributed by atoms with Gasteiger partial charge >= 0.3 is 12.1 Å². The number of imide groups is 1. The molecule has 1 unspecified atom stereocenters. The first-order valence-electron chi connectivity index (χ1n) is 6.02. The Morgan fingerprint density at radius 1 is 1.23 bits per heavy atom. The van der Waals surface area contributed by atoms with Crippen molar-refractivity contribution in [1.82, 2.24) is 0 Å². The van der Waals surface area contributed by atoms with Crippen LogP contribution in [-0.2, 0) is 9.59 Å². The molecule has 0 fully saturated rings. The van der Waals surface area contributed by atoms with Gasteiger partial charge in [-0.15, -0.1) is 0 Å². The predicted molar refractivity (Wildman–Crippen MR) is 73.5 cm³/mol. The van der Waals surface area contributed by atoms with Gasteiger partial charge in [-0.05, 0) is 18.6 Å². The van der Waals surface area contributed by atoms with E-state index in [0.29, 0.717) is 4.90 Å². The zero-order valence-corrected chi connectivity index (χ0v) is 11.2. The van der Waals surface area contributed by atoms with E-state index < -0.39 is 28.9 Å². The highest BCUT2D eigenvalue weighted by molar-refractivity contribution is 6.13. The van der Waals surface area contributed by atoms with E-state index in [4.69, 9.17) is 15.9 Å². The highest BCUT2D eigenvalue weighted by Gasteiger charge is 2.28. The topological polar surface area (TPSA) is 164 Å². The van der Waals surface area contributed by atoms with Crippen LogP contribution in [0.25, 0.3) is 0 Å². The number of anilines is 1. The number of rotatable bonds is 6. The van der Waals surface area contributed by atoms with Gasteiger partial charge in [-0.1, -0.05) is 0 Å². The number of carboxylic acid groups (broad SMARTS) is 2. The molecule has 0 spiro atoms. The Labute approximate surface area is 123 Å². The van der Waals surface area contributed by atoms with Gasteiger partial charge in [0.1, 0.15) is 0 Å². The average molecular weight is 311 g/mol. The Bertz CT molecular complexity index is 599. The Hall–Kier alpha value is -3.01. The number of nitro benzene ring substituents is 1. The van der Waals surface area contributed by atoms with Gasteiger partial charge in [0.25, 0.3) is 11.6 Å². The summed E-state index contributed by atoms with van der Waals surface area (Å²) in [5, 5.41) is 28.2.